The van der Waals surface area contributed by atoms with Crippen LogP contribution in [0.15, 0.2) is 15.9 Å². The van der Waals surface area contributed by atoms with Crippen LogP contribution in [0.1, 0.15) is 38.0 Å². The molecule has 0 saturated carbocycles. The first-order chi connectivity index (χ1) is 9.02. The number of thiophene rings is 1. The van der Waals surface area contributed by atoms with Crippen molar-refractivity contribution in [3.8, 4) is 0 Å². The van der Waals surface area contributed by atoms with E-state index in [4.69, 9.17) is 5.11 Å². The molecule has 0 radical (unpaired) electrons. The van der Waals surface area contributed by atoms with Gasteiger partial charge in [-0.3, -0.25) is 4.79 Å². The van der Waals surface area contributed by atoms with E-state index in [-0.39, 0.29) is 18.6 Å². The molecule has 19 heavy (non-hydrogen) atoms. The van der Waals surface area contributed by atoms with Gasteiger partial charge in [0.05, 0.1) is 3.79 Å². The van der Waals surface area contributed by atoms with Gasteiger partial charge in [0.15, 0.2) is 0 Å². The van der Waals surface area contributed by atoms with Crippen LogP contribution in [-0.2, 0) is 11.2 Å². The zero-order valence-corrected chi connectivity index (χ0v) is 13.9. The summed E-state index contributed by atoms with van der Waals surface area (Å²) >= 11 is 5.15. The smallest absolute Gasteiger partial charge is 0.220 e. The van der Waals surface area contributed by atoms with Crippen LogP contribution in [0.25, 0.3) is 0 Å². The molecular weight excluding hydrogens is 326 g/mol. The highest BCUT2D eigenvalue weighted by atomic mass is 79.9. The Labute approximate surface area is 127 Å². The maximum absolute atomic E-state index is 11.8. The van der Waals surface area contributed by atoms with Crippen LogP contribution >= 0.6 is 27.3 Å². The summed E-state index contributed by atoms with van der Waals surface area (Å²) < 4.78 is 1.13. The van der Waals surface area contributed by atoms with Gasteiger partial charge in [0.25, 0.3) is 0 Å². The number of amides is 1. The number of carbonyl (C=O) groups is 1. The lowest BCUT2D eigenvalue weighted by molar-refractivity contribution is -0.122. The van der Waals surface area contributed by atoms with Crippen molar-refractivity contribution >= 4 is 33.2 Å². The van der Waals surface area contributed by atoms with Crippen molar-refractivity contribution in [2.75, 3.05) is 6.61 Å². The molecule has 0 fully saturated rings. The molecule has 1 atom stereocenters. The summed E-state index contributed by atoms with van der Waals surface area (Å²) in [5.41, 5.74) is 0. The lowest BCUT2D eigenvalue weighted by Crippen LogP contribution is -2.39. The molecule has 1 aromatic heterocycles. The number of hydrogen-bond acceptors (Lipinski definition) is 3. The van der Waals surface area contributed by atoms with E-state index in [1.807, 2.05) is 6.07 Å². The number of aliphatic hydroxyl groups is 1. The standard InChI is InChI=1S/C14H22BrNO2S/c1-10(2)12(8-9-17)16-14(18)5-3-4-11-6-7-13(15)19-11/h6-7,10,12,17H,3-5,8-9H2,1-2H3,(H,16,18). The molecule has 0 spiro atoms. The molecule has 1 unspecified atom stereocenters. The molecule has 0 saturated heterocycles. The summed E-state index contributed by atoms with van der Waals surface area (Å²) in [5.74, 6) is 0.437. The van der Waals surface area contributed by atoms with Crippen molar-refractivity contribution in [2.24, 2.45) is 5.92 Å². The van der Waals surface area contributed by atoms with E-state index >= 15 is 0 Å². The van der Waals surface area contributed by atoms with E-state index in [0.717, 1.165) is 16.6 Å². The molecule has 1 rings (SSSR count). The first kappa shape index (κ1) is 16.7. The fraction of sp³-hybridized carbons (Fsp3) is 0.643. The fourth-order valence-electron chi connectivity index (χ4n) is 1.90. The van der Waals surface area contributed by atoms with Crippen LogP contribution in [-0.4, -0.2) is 23.7 Å². The van der Waals surface area contributed by atoms with Gasteiger partial charge in [-0.05, 0) is 53.2 Å². The zero-order chi connectivity index (χ0) is 14.3. The van der Waals surface area contributed by atoms with E-state index < -0.39 is 0 Å². The van der Waals surface area contributed by atoms with Gasteiger partial charge in [0.2, 0.25) is 5.91 Å². The molecule has 0 aromatic carbocycles. The summed E-state index contributed by atoms with van der Waals surface area (Å²) in [7, 11) is 0. The maximum atomic E-state index is 11.8. The maximum Gasteiger partial charge on any atom is 0.220 e. The largest absolute Gasteiger partial charge is 0.396 e. The Morgan fingerprint density at radius 3 is 2.74 bits per heavy atom. The monoisotopic (exact) mass is 347 g/mol. The van der Waals surface area contributed by atoms with Crippen LogP contribution in [0.5, 0.6) is 0 Å². The number of aliphatic hydroxyl groups excluding tert-OH is 1. The van der Waals surface area contributed by atoms with Crippen molar-refractivity contribution < 1.29 is 9.90 Å². The molecular formula is C14H22BrNO2S. The summed E-state index contributed by atoms with van der Waals surface area (Å²) in [6, 6.07) is 4.21. The van der Waals surface area contributed by atoms with Gasteiger partial charge in [-0.1, -0.05) is 13.8 Å². The third kappa shape index (κ3) is 6.54. The van der Waals surface area contributed by atoms with Gasteiger partial charge in [0.1, 0.15) is 0 Å². The highest BCUT2D eigenvalue weighted by molar-refractivity contribution is 9.11. The fourth-order valence-corrected chi connectivity index (χ4v) is 3.42. The van der Waals surface area contributed by atoms with Gasteiger partial charge in [-0.2, -0.15) is 0 Å². The average molecular weight is 348 g/mol. The van der Waals surface area contributed by atoms with Crippen LogP contribution in [0.3, 0.4) is 0 Å². The number of rotatable bonds is 8. The summed E-state index contributed by atoms with van der Waals surface area (Å²) in [4.78, 5) is 13.1. The zero-order valence-electron chi connectivity index (χ0n) is 11.5. The highest BCUT2D eigenvalue weighted by Crippen LogP contribution is 2.23. The number of aryl methyl sites for hydroxylation is 1. The van der Waals surface area contributed by atoms with Crippen molar-refractivity contribution in [1.82, 2.24) is 5.32 Å². The van der Waals surface area contributed by atoms with Crippen molar-refractivity contribution in [3.05, 3.63) is 20.8 Å². The Balaban J connectivity index is 2.26. The van der Waals surface area contributed by atoms with Crippen LogP contribution in [0, 0.1) is 5.92 Å². The van der Waals surface area contributed by atoms with Gasteiger partial charge in [-0.25, -0.2) is 0 Å². The molecule has 5 heteroatoms. The highest BCUT2D eigenvalue weighted by Gasteiger charge is 2.15. The molecule has 1 aromatic rings. The quantitative estimate of drug-likeness (QED) is 0.757. The third-order valence-corrected chi connectivity index (χ3v) is 4.73. The molecule has 108 valence electrons. The van der Waals surface area contributed by atoms with E-state index in [1.165, 1.54) is 4.88 Å². The van der Waals surface area contributed by atoms with Crippen molar-refractivity contribution in [1.29, 1.82) is 0 Å². The number of nitrogens with one attached hydrogen (secondary N) is 1. The van der Waals surface area contributed by atoms with Crippen molar-refractivity contribution in [3.63, 3.8) is 0 Å². The van der Waals surface area contributed by atoms with Gasteiger partial charge in [-0.15, -0.1) is 11.3 Å². The normalized spacial score (nSPS) is 12.7. The molecule has 1 heterocycles. The number of hydrogen-bond donors (Lipinski definition) is 2. The SMILES string of the molecule is CC(C)C(CCO)NC(=O)CCCc1ccc(Br)s1. The Bertz CT molecular complexity index is 393. The Morgan fingerprint density at radius 2 is 2.21 bits per heavy atom. The molecule has 1 amide bonds. The van der Waals surface area contributed by atoms with E-state index in [0.29, 0.717) is 18.8 Å². The molecule has 0 aliphatic heterocycles. The lowest BCUT2D eigenvalue weighted by Gasteiger charge is -2.21. The predicted molar refractivity (Wildman–Crippen MR) is 83.4 cm³/mol. The van der Waals surface area contributed by atoms with E-state index in [2.05, 4.69) is 41.2 Å². The van der Waals surface area contributed by atoms with Crippen LogP contribution in [0.2, 0.25) is 0 Å². The van der Waals surface area contributed by atoms with Crippen LogP contribution < -0.4 is 5.32 Å². The molecule has 3 nitrogen and oxygen atoms in total. The van der Waals surface area contributed by atoms with Crippen LogP contribution in [0.4, 0.5) is 0 Å². The minimum atomic E-state index is 0.0772. The minimum absolute atomic E-state index is 0.0772. The predicted octanol–water partition coefficient (Wildman–Crippen LogP) is 3.36. The van der Waals surface area contributed by atoms with Gasteiger partial charge < -0.3 is 10.4 Å². The van der Waals surface area contributed by atoms with Gasteiger partial charge >= 0.3 is 0 Å². The Morgan fingerprint density at radius 1 is 1.47 bits per heavy atom. The molecule has 0 aliphatic carbocycles. The second kappa shape index (κ2) is 8.72. The summed E-state index contributed by atoms with van der Waals surface area (Å²) in [5, 5.41) is 12.0. The van der Waals surface area contributed by atoms with Gasteiger partial charge in [0, 0.05) is 23.9 Å². The first-order valence-corrected chi connectivity index (χ1v) is 8.28. The average Bonchev–Trinajstić information content (AvgIpc) is 2.74. The topological polar surface area (TPSA) is 49.3 Å². The van der Waals surface area contributed by atoms with Crippen molar-refractivity contribution in [2.45, 2.75) is 45.6 Å². The van der Waals surface area contributed by atoms with E-state index in [9.17, 15) is 4.79 Å². The Kier molecular flexibility index (Phi) is 7.64. The number of carbonyl (C=O) groups excluding carboxylic acids is 1. The van der Waals surface area contributed by atoms with E-state index in [1.54, 1.807) is 11.3 Å². The Hall–Kier alpha value is -0.390. The second-order valence-electron chi connectivity index (χ2n) is 4.99. The summed E-state index contributed by atoms with van der Waals surface area (Å²) in [6.45, 7) is 4.24. The molecule has 0 aliphatic rings. The third-order valence-electron chi connectivity index (χ3n) is 3.05. The lowest BCUT2D eigenvalue weighted by atomic mass is 10.0. The molecule has 0 bridgehead atoms. The minimum Gasteiger partial charge on any atom is -0.396 e. The summed E-state index contributed by atoms with van der Waals surface area (Å²) in [6.07, 6.45) is 2.98. The first-order valence-electron chi connectivity index (χ1n) is 6.67. The molecule has 2 N–H and O–H groups in total. The second-order valence-corrected chi connectivity index (χ2v) is 7.54. The number of halogens is 1.